The number of Topliss-reactive ketones (excluding diaryl/α,β-unsaturated/α-hetero) is 1. The number of pyridine rings is 2. The van der Waals surface area contributed by atoms with Gasteiger partial charge in [-0.25, -0.2) is 4.98 Å². The van der Waals surface area contributed by atoms with Crippen LogP contribution in [-0.4, -0.2) is 63.7 Å². The molecule has 7 heteroatoms. The number of rotatable bonds is 5. The van der Waals surface area contributed by atoms with E-state index < -0.39 is 0 Å². The van der Waals surface area contributed by atoms with Gasteiger partial charge in [-0.3, -0.25) is 14.5 Å². The molecule has 0 radical (unpaired) electrons. The Hall–Kier alpha value is -3.58. The number of aromatic nitrogens is 4. The summed E-state index contributed by atoms with van der Waals surface area (Å²) in [4.78, 5) is 26.8. The number of carbonyl (C=O) groups is 1. The Labute approximate surface area is 193 Å². The first-order chi connectivity index (χ1) is 16.0. The summed E-state index contributed by atoms with van der Waals surface area (Å²) in [6, 6.07) is 12.0. The minimum Gasteiger partial charge on any atom is -0.355 e. The summed E-state index contributed by atoms with van der Waals surface area (Å²) in [5.74, 6) is 0.935. The van der Waals surface area contributed by atoms with Gasteiger partial charge in [0.05, 0.1) is 12.6 Å². The molecule has 0 atom stereocenters. The second-order valence-corrected chi connectivity index (χ2v) is 8.79. The van der Waals surface area contributed by atoms with Gasteiger partial charge in [-0.05, 0) is 55.2 Å². The summed E-state index contributed by atoms with van der Waals surface area (Å²) < 4.78 is 1.79. The molecule has 7 nitrogen and oxygen atoms in total. The number of carbonyl (C=O) groups excluding carboxylic acids is 1. The second kappa shape index (κ2) is 9.11. The van der Waals surface area contributed by atoms with Gasteiger partial charge in [0, 0.05) is 67.5 Å². The lowest BCUT2D eigenvalue weighted by molar-refractivity contribution is 0.0992. The number of ketones is 1. The molecule has 1 aliphatic rings. The van der Waals surface area contributed by atoms with Gasteiger partial charge in [-0.1, -0.05) is 12.1 Å². The van der Waals surface area contributed by atoms with E-state index in [1.54, 1.807) is 16.9 Å². The van der Waals surface area contributed by atoms with Gasteiger partial charge < -0.3 is 9.80 Å². The van der Waals surface area contributed by atoms with Crippen molar-refractivity contribution in [2.45, 2.75) is 12.8 Å². The van der Waals surface area contributed by atoms with Crippen molar-refractivity contribution in [3.8, 4) is 11.1 Å². The zero-order valence-corrected chi connectivity index (χ0v) is 19.1. The molecule has 33 heavy (non-hydrogen) atoms. The minimum absolute atomic E-state index is 0.0563. The minimum atomic E-state index is 0.0563. The summed E-state index contributed by atoms with van der Waals surface area (Å²) in [6.45, 7) is 3.97. The van der Waals surface area contributed by atoms with Crippen molar-refractivity contribution in [1.82, 2.24) is 24.6 Å². The third-order valence-electron chi connectivity index (χ3n) is 6.27. The molecule has 3 aromatic heterocycles. The molecule has 1 aromatic carbocycles. The van der Waals surface area contributed by atoms with E-state index in [0.717, 1.165) is 66.0 Å². The zero-order valence-electron chi connectivity index (χ0n) is 19.1. The van der Waals surface area contributed by atoms with Crippen molar-refractivity contribution in [2.24, 2.45) is 7.05 Å². The predicted molar refractivity (Wildman–Crippen MR) is 131 cm³/mol. The maximum absolute atomic E-state index is 13.1. The Kier molecular flexibility index (Phi) is 5.88. The number of hydrogen-bond acceptors (Lipinski definition) is 6. The van der Waals surface area contributed by atoms with Crippen molar-refractivity contribution in [3.05, 3.63) is 72.4 Å². The molecule has 0 amide bonds. The van der Waals surface area contributed by atoms with Gasteiger partial charge in [0.25, 0.3) is 0 Å². The SMILES string of the molecule is CN1CCCN(c2cc(C(=O)Cc3cc4cc(-c5cnn(C)c5)ccc4cn3)ccn2)CC1. The fourth-order valence-electron chi connectivity index (χ4n) is 4.34. The van der Waals surface area contributed by atoms with Crippen molar-refractivity contribution >= 4 is 22.4 Å². The number of likely N-dealkylation sites (N-methyl/N-ethyl adjacent to an activating group) is 1. The molecular weight excluding hydrogens is 412 g/mol. The summed E-state index contributed by atoms with van der Waals surface area (Å²) >= 11 is 0. The molecule has 5 rings (SSSR count). The van der Waals surface area contributed by atoms with Crippen LogP contribution < -0.4 is 4.90 Å². The number of nitrogens with zero attached hydrogens (tertiary/aromatic N) is 6. The first-order valence-corrected chi connectivity index (χ1v) is 11.4. The van der Waals surface area contributed by atoms with Gasteiger partial charge in [0.2, 0.25) is 0 Å². The highest BCUT2D eigenvalue weighted by atomic mass is 16.1. The van der Waals surface area contributed by atoms with Crippen LogP contribution in [-0.2, 0) is 13.5 Å². The normalized spacial score (nSPS) is 15.0. The Bertz CT molecular complexity index is 1300. The molecule has 1 saturated heterocycles. The average molecular weight is 441 g/mol. The molecule has 0 saturated carbocycles. The third kappa shape index (κ3) is 4.78. The van der Waals surface area contributed by atoms with Crippen molar-refractivity contribution in [1.29, 1.82) is 0 Å². The third-order valence-corrected chi connectivity index (χ3v) is 6.27. The largest absolute Gasteiger partial charge is 0.355 e. The number of fused-ring (bicyclic) bond motifs is 1. The Morgan fingerprint density at radius 1 is 0.909 bits per heavy atom. The molecule has 0 spiro atoms. The molecule has 168 valence electrons. The first kappa shape index (κ1) is 21.3. The highest BCUT2D eigenvalue weighted by Crippen LogP contribution is 2.25. The molecule has 1 fully saturated rings. The summed E-state index contributed by atoms with van der Waals surface area (Å²) in [6.07, 6.45) is 8.80. The van der Waals surface area contributed by atoms with Gasteiger partial charge in [0.1, 0.15) is 5.82 Å². The van der Waals surface area contributed by atoms with Crippen LogP contribution in [0.2, 0.25) is 0 Å². The Morgan fingerprint density at radius 3 is 2.67 bits per heavy atom. The predicted octanol–water partition coefficient (Wildman–Crippen LogP) is 3.60. The van der Waals surface area contributed by atoms with Gasteiger partial charge in [-0.15, -0.1) is 0 Å². The molecular formula is C26H28N6O. The van der Waals surface area contributed by atoms with Crippen LogP contribution in [0.25, 0.3) is 21.9 Å². The average Bonchev–Trinajstić information content (AvgIpc) is 3.15. The van der Waals surface area contributed by atoms with Crippen molar-refractivity contribution < 1.29 is 4.79 Å². The van der Waals surface area contributed by atoms with Crippen LogP contribution in [0.3, 0.4) is 0 Å². The van der Waals surface area contributed by atoms with E-state index in [-0.39, 0.29) is 12.2 Å². The molecule has 0 aliphatic carbocycles. The van der Waals surface area contributed by atoms with Crippen molar-refractivity contribution in [3.63, 3.8) is 0 Å². The van der Waals surface area contributed by atoms with Gasteiger partial charge in [0.15, 0.2) is 5.78 Å². The van der Waals surface area contributed by atoms with E-state index in [1.165, 1.54) is 0 Å². The van der Waals surface area contributed by atoms with Crippen LogP contribution in [0.4, 0.5) is 5.82 Å². The maximum atomic E-state index is 13.1. The van der Waals surface area contributed by atoms with Crippen LogP contribution >= 0.6 is 0 Å². The fraction of sp³-hybridized carbons (Fsp3) is 0.308. The number of anilines is 1. The van der Waals surface area contributed by atoms with Gasteiger partial charge in [-0.2, -0.15) is 5.10 Å². The topological polar surface area (TPSA) is 67.2 Å². The highest BCUT2D eigenvalue weighted by Gasteiger charge is 2.16. The molecule has 4 aromatic rings. The Balaban J connectivity index is 1.35. The van der Waals surface area contributed by atoms with E-state index in [4.69, 9.17) is 0 Å². The molecule has 0 bridgehead atoms. The van der Waals surface area contributed by atoms with Crippen LogP contribution in [0.5, 0.6) is 0 Å². The van der Waals surface area contributed by atoms with E-state index in [1.807, 2.05) is 37.8 Å². The lowest BCUT2D eigenvalue weighted by Crippen LogP contribution is -2.29. The van der Waals surface area contributed by atoms with Crippen molar-refractivity contribution in [2.75, 3.05) is 38.1 Å². The fourth-order valence-corrected chi connectivity index (χ4v) is 4.34. The van der Waals surface area contributed by atoms with E-state index in [2.05, 4.69) is 50.1 Å². The highest BCUT2D eigenvalue weighted by molar-refractivity contribution is 5.98. The van der Waals surface area contributed by atoms with E-state index in [9.17, 15) is 4.79 Å². The van der Waals surface area contributed by atoms with Crippen LogP contribution in [0.15, 0.2) is 61.2 Å². The Morgan fingerprint density at radius 2 is 1.82 bits per heavy atom. The van der Waals surface area contributed by atoms with Gasteiger partial charge >= 0.3 is 0 Å². The standard InChI is InChI=1S/C26H28N6O/c1-30-8-3-9-32(11-10-30)26-14-20(6-7-27-26)25(33)15-24-13-22-12-19(4-5-21(22)16-28-24)23-17-29-31(2)18-23/h4-7,12-14,16-18H,3,8-11,15H2,1-2H3. The number of hydrogen-bond donors (Lipinski definition) is 0. The number of aryl methyl sites for hydroxylation is 1. The van der Waals surface area contributed by atoms with Crippen LogP contribution in [0, 0.1) is 0 Å². The monoisotopic (exact) mass is 440 g/mol. The van der Waals surface area contributed by atoms with E-state index in [0.29, 0.717) is 5.56 Å². The van der Waals surface area contributed by atoms with Crippen LogP contribution in [0.1, 0.15) is 22.5 Å². The number of benzene rings is 1. The molecule has 0 N–H and O–H groups in total. The smallest absolute Gasteiger partial charge is 0.169 e. The quantitative estimate of drug-likeness (QED) is 0.442. The summed E-state index contributed by atoms with van der Waals surface area (Å²) in [5, 5.41) is 6.38. The lowest BCUT2D eigenvalue weighted by Gasteiger charge is -2.21. The lowest BCUT2D eigenvalue weighted by atomic mass is 10.0. The molecule has 4 heterocycles. The maximum Gasteiger partial charge on any atom is 0.169 e. The van der Waals surface area contributed by atoms with E-state index >= 15 is 0 Å². The molecule has 1 aliphatic heterocycles. The second-order valence-electron chi connectivity index (χ2n) is 8.79. The summed E-state index contributed by atoms with van der Waals surface area (Å²) in [7, 11) is 4.06. The first-order valence-electron chi connectivity index (χ1n) is 11.4. The molecule has 0 unspecified atom stereocenters. The summed E-state index contributed by atoms with van der Waals surface area (Å²) in [5.41, 5.74) is 3.62. The zero-order chi connectivity index (χ0) is 22.8.